The minimum absolute atomic E-state index is 0.0648. The van der Waals surface area contributed by atoms with Crippen molar-refractivity contribution in [2.75, 3.05) is 0 Å². The first kappa shape index (κ1) is 10.1. The first-order valence-corrected chi connectivity index (χ1v) is 4.98. The molecule has 1 heterocycles. The molecule has 0 fully saturated rings. The van der Waals surface area contributed by atoms with Crippen LogP contribution in [0.3, 0.4) is 0 Å². The van der Waals surface area contributed by atoms with Gasteiger partial charge in [0.1, 0.15) is 0 Å². The molecule has 72 valence electrons. The number of aliphatic imine (C=N–C) groups is 1. The van der Waals surface area contributed by atoms with Crippen molar-refractivity contribution in [3.63, 3.8) is 0 Å². The predicted molar refractivity (Wildman–Crippen MR) is 58.0 cm³/mol. The lowest BCUT2D eigenvalue weighted by Crippen LogP contribution is -2.23. The Kier molecular flexibility index (Phi) is 2.93. The van der Waals surface area contributed by atoms with E-state index >= 15 is 0 Å². The van der Waals surface area contributed by atoms with Gasteiger partial charge in [0.05, 0.1) is 6.04 Å². The molecule has 0 amide bonds. The van der Waals surface area contributed by atoms with E-state index in [4.69, 9.17) is 11.5 Å². The minimum atomic E-state index is 0.0648. The molecule has 0 saturated heterocycles. The van der Waals surface area contributed by atoms with Crippen LogP contribution in [0.1, 0.15) is 28.3 Å². The largest absolute Gasteiger partial charge is 0.370 e. The summed E-state index contributed by atoms with van der Waals surface area (Å²) in [5.41, 5.74) is 11.9. The van der Waals surface area contributed by atoms with Crippen LogP contribution in [0.5, 0.6) is 0 Å². The maximum atomic E-state index is 5.32. The van der Waals surface area contributed by atoms with Gasteiger partial charge in [-0.3, -0.25) is 0 Å². The normalized spacial score (nSPS) is 12.5. The summed E-state index contributed by atoms with van der Waals surface area (Å²) in [6.07, 6.45) is 0. The van der Waals surface area contributed by atoms with Gasteiger partial charge in [0, 0.05) is 9.75 Å². The fraction of sp³-hybridized carbons (Fsp3) is 0.444. The second-order valence-electron chi connectivity index (χ2n) is 3.10. The van der Waals surface area contributed by atoms with Gasteiger partial charge >= 0.3 is 0 Å². The molecule has 1 aromatic rings. The van der Waals surface area contributed by atoms with Gasteiger partial charge in [0.15, 0.2) is 5.96 Å². The summed E-state index contributed by atoms with van der Waals surface area (Å²) in [5.74, 6) is 0.149. The van der Waals surface area contributed by atoms with Crippen molar-refractivity contribution < 1.29 is 0 Å². The third-order valence-electron chi connectivity index (χ3n) is 1.87. The van der Waals surface area contributed by atoms with Crippen LogP contribution < -0.4 is 11.5 Å². The second kappa shape index (κ2) is 3.79. The highest BCUT2D eigenvalue weighted by Gasteiger charge is 2.09. The summed E-state index contributed by atoms with van der Waals surface area (Å²) >= 11 is 1.77. The Morgan fingerprint density at radius 2 is 2.08 bits per heavy atom. The molecule has 4 heteroatoms. The number of nitrogens with two attached hydrogens (primary N) is 2. The van der Waals surface area contributed by atoms with E-state index in [0.717, 1.165) is 0 Å². The number of aryl methyl sites for hydroxylation is 2. The third-order valence-corrected chi connectivity index (χ3v) is 2.85. The number of hydrogen-bond donors (Lipinski definition) is 2. The number of nitrogens with zero attached hydrogens (tertiary/aromatic N) is 1. The molecule has 1 atom stereocenters. The van der Waals surface area contributed by atoms with Gasteiger partial charge in [0.25, 0.3) is 0 Å². The van der Waals surface area contributed by atoms with Crippen molar-refractivity contribution >= 4 is 17.3 Å². The summed E-state index contributed by atoms with van der Waals surface area (Å²) in [7, 11) is 0. The van der Waals surface area contributed by atoms with Gasteiger partial charge in [-0.1, -0.05) is 0 Å². The Labute approximate surface area is 82.5 Å². The van der Waals surface area contributed by atoms with Crippen molar-refractivity contribution in [3.05, 3.63) is 21.4 Å². The summed E-state index contributed by atoms with van der Waals surface area (Å²) in [5, 5.41) is 0. The highest BCUT2D eigenvalue weighted by Crippen LogP contribution is 2.27. The molecular formula is C9H15N3S. The van der Waals surface area contributed by atoms with Crippen molar-refractivity contribution in [1.29, 1.82) is 0 Å². The summed E-state index contributed by atoms with van der Waals surface area (Å²) in [6, 6.07) is 2.20. The van der Waals surface area contributed by atoms with Gasteiger partial charge in [0.2, 0.25) is 0 Å². The molecule has 3 nitrogen and oxygen atoms in total. The van der Waals surface area contributed by atoms with Gasteiger partial charge in [-0.05, 0) is 32.4 Å². The van der Waals surface area contributed by atoms with Crippen LogP contribution in [0.2, 0.25) is 0 Å². The van der Waals surface area contributed by atoms with Crippen LogP contribution in [0.15, 0.2) is 11.1 Å². The van der Waals surface area contributed by atoms with Crippen molar-refractivity contribution in [2.24, 2.45) is 16.5 Å². The monoisotopic (exact) mass is 197 g/mol. The molecule has 1 unspecified atom stereocenters. The highest BCUT2D eigenvalue weighted by atomic mass is 32.1. The smallest absolute Gasteiger partial charge is 0.186 e. The highest BCUT2D eigenvalue weighted by molar-refractivity contribution is 7.12. The molecule has 1 rings (SSSR count). The summed E-state index contributed by atoms with van der Waals surface area (Å²) in [4.78, 5) is 6.68. The second-order valence-corrected chi connectivity index (χ2v) is 4.56. The van der Waals surface area contributed by atoms with Gasteiger partial charge < -0.3 is 11.5 Å². The van der Waals surface area contributed by atoms with E-state index in [9.17, 15) is 0 Å². The molecule has 0 radical (unpaired) electrons. The number of thiophene rings is 1. The van der Waals surface area contributed by atoms with Crippen molar-refractivity contribution in [1.82, 2.24) is 0 Å². The number of guanidine groups is 1. The zero-order valence-corrected chi connectivity index (χ0v) is 8.98. The van der Waals surface area contributed by atoms with Gasteiger partial charge in [-0.2, -0.15) is 0 Å². The van der Waals surface area contributed by atoms with E-state index in [1.165, 1.54) is 15.3 Å². The van der Waals surface area contributed by atoms with E-state index in [0.29, 0.717) is 0 Å². The van der Waals surface area contributed by atoms with Gasteiger partial charge in [-0.15, -0.1) is 11.3 Å². The van der Waals surface area contributed by atoms with E-state index in [1.54, 1.807) is 11.3 Å². The first-order valence-electron chi connectivity index (χ1n) is 4.16. The third kappa shape index (κ3) is 2.45. The quantitative estimate of drug-likeness (QED) is 0.560. The minimum Gasteiger partial charge on any atom is -0.370 e. The van der Waals surface area contributed by atoms with E-state index < -0.39 is 0 Å². The van der Waals surface area contributed by atoms with Crippen LogP contribution in [-0.4, -0.2) is 5.96 Å². The standard InChI is InChI=1S/C9H15N3S/c1-5-4-8(7(3)13-5)6(2)12-9(10)11/h4,6H,1-3H3,(H4,10,11,12). The molecular weight excluding hydrogens is 182 g/mol. The SMILES string of the molecule is Cc1cc(C(C)N=C(N)N)c(C)s1. The number of hydrogen-bond acceptors (Lipinski definition) is 2. The molecule has 13 heavy (non-hydrogen) atoms. The number of rotatable bonds is 2. The van der Waals surface area contributed by atoms with Crippen LogP contribution >= 0.6 is 11.3 Å². The first-order chi connectivity index (χ1) is 6.00. The molecule has 0 aliphatic rings. The topological polar surface area (TPSA) is 64.4 Å². The van der Waals surface area contributed by atoms with Crippen LogP contribution in [0, 0.1) is 13.8 Å². The molecule has 1 aromatic heterocycles. The van der Waals surface area contributed by atoms with E-state index in [-0.39, 0.29) is 12.0 Å². The molecule has 0 aromatic carbocycles. The Hall–Kier alpha value is -1.03. The molecule has 4 N–H and O–H groups in total. The lowest BCUT2D eigenvalue weighted by Gasteiger charge is -2.05. The lowest BCUT2D eigenvalue weighted by atomic mass is 10.1. The van der Waals surface area contributed by atoms with E-state index in [2.05, 4.69) is 24.9 Å². The zero-order chi connectivity index (χ0) is 10.0. The Morgan fingerprint density at radius 1 is 1.46 bits per heavy atom. The fourth-order valence-electron chi connectivity index (χ4n) is 1.36. The average Bonchev–Trinajstić information content (AvgIpc) is 2.28. The molecule has 0 aliphatic heterocycles. The van der Waals surface area contributed by atoms with Crippen molar-refractivity contribution in [2.45, 2.75) is 26.8 Å². The predicted octanol–water partition coefficient (Wildman–Crippen LogP) is 1.70. The molecule has 0 spiro atoms. The Balaban J connectivity index is 2.94. The van der Waals surface area contributed by atoms with Crippen LogP contribution in [0.25, 0.3) is 0 Å². The Morgan fingerprint density at radius 3 is 2.46 bits per heavy atom. The maximum Gasteiger partial charge on any atom is 0.186 e. The summed E-state index contributed by atoms with van der Waals surface area (Å²) in [6.45, 7) is 6.17. The molecule has 0 saturated carbocycles. The average molecular weight is 197 g/mol. The fourth-order valence-corrected chi connectivity index (χ4v) is 2.37. The van der Waals surface area contributed by atoms with Crippen LogP contribution in [0.4, 0.5) is 0 Å². The van der Waals surface area contributed by atoms with Gasteiger partial charge in [-0.25, -0.2) is 4.99 Å². The maximum absolute atomic E-state index is 5.32. The zero-order valence-electron chi connectivity index (χ0n) is 8.16. The van der Waals surface area contributed by atoms with E-state index in [1.807, 2.05) is 6.92 Å². The summed E-state index contributed by atoms with van der Waals surface area (Å²) < 4.78 is 0. The molecule has 0 bridgehead atoms. The lowest BCUT2D eigenvalue weighted by molar-refractivity contribution is 0.813. The van der Waals surface area contributed by atoms with Crippen LogP contribution in [-0.2, 0) is 0 Å². The van der Waals surface area contributed by atoms with Crippen molar-refractivity contribution in [3.8, 4) is 0 Å². The Bertz CT molecular complexity index is 324. The molecule has 0 aliphatic carbocycles.